The third-order valence-electron chi connectivity index (χ3n) is 3.25. The molecule has 102 valence electrons. The standard InChI is InChI=1S/C15H20N2O2/c1-10-12(3)19-15(17-10)9-16-11(2)13-5-7-14(18-4)8-6-13/h5-8,11,16H,9H2,1-4H3/t11-/m0/s1. The lowest BCUT2D eigenvalue weighted by Gasteiger charge is -2.13. The summed E-state index contributed by atoms with van der Waals surface area (Å²) in [5.41, 5.74) is 2.16. The van der Waals surface area contributed by atoms with E-state index in [1.54, 1.807) is 7.11 Å². The smallest absolute Gasteiger partial charge is 0.208 e. The molecule has 0 aliphatic carbocycles. The second-order valence-electron chi connectivity index (χ2n) is 4.62. The Bertz CT molecular complexity index is 512. The van der Waals surface area contributed by atoms with Gasteiger partial charge in [-0.05, 0) is 38.5 Å². The number of methoxy groups -OCH3 is 1. The summed E-state index contributed by atoms with van der Waals surface area (Å²) in [6.07, 6.45) is 0. The van der Waals surface area contributed by atoms with Crippen molar-refractivity contribution in [2.75, 3.05) is 7.11 Å². The average Bonchev–Trinajstić information content (AvgIpc) is 2.75. The molecule has 4 nitrogen and oxygen atoms in total. The van der Waals surface area contributed by atoms with Crippen LogP contribution in [0.5, 0.6) is 5.75 Å². The van der Waals surface area contributed by atoms with Gasteiger partial charge in [0.1, 0.15) is 11.5 Å². The molecule has 0 aliphatic heterocycles. The lowest BCUT2D eigenvalue weighted by molar-refractivity contribution is 0.413. The molecule has 1 aromatic carbocycles. The Morgan fingerprint density at radius 2 is 1.95 bits per heavy atom. The third kappa shape index (κ3) is 3.35. The number of oxazole rings is 1. The number of hydrogen-bond acceptors (Lipinski definition) is 4. The fourth-order valence-corrected chi connectivity index (χ4v) is 1.87. The molecular weight excluding hydrogens is 240 g/mol. The highest BCUT2D eigenvalue weighted by atomic mass is 16.5. The van der Waals surface area contributed by atoms with Crippen molar-refractivity contribution in [3.8, 4) is 5.75 Å². The maximum atomic E-state index is 5.54. The zero-order chi connectivity index (χ0) is 13.8. The van der Waals surface area contributed by atoms with Crippen LogP contribution in [0.15, 0.2) is 28.7 Å². The molecule has 0 amide bonds. The zero-order valence-corrected chi connectivity index (χ0v) is 11.9. The maximum absolute atomic E-state index is 5.54. The predicted octanol–water partition coefficient (Wildman–Crippen LogP) is 3.15. The lowest BCUT2D eigenvalue weighted by atomic mass is 10.1. The van der Waals surface area contributed by atoms with Gasteiger partial charge < -0.3 is 14.5 Å². The van der Waals surface area contributed by atoms with Gasteiger partial charge in [-0.3, -0.25) is 0 Å². The Morgan fingerprint density at radius 1 is 1.26 bits per heavy atom. The Labute approximate surface area is 113 Å². The van der Waals surface area contributed by atoms with E-state index in [-0.39, 0.29) is 6.04 Å². The normalized spacial score (nSPS) is 12.4. The van der Waals surface area contributed by atoms with E-state index >= 15 is 0 Å². The van der Waals surface area contributed by atoms with Gasteiger partial charge in [0.05, 0.1) is 19.3 Å². The first-order chi connectivity index (χ1) is 9.10. The van der Waals surface area contributed by atoms with Crippen LogP contribution in [-0.2, 0) is 6.54 Å². The van der Waals surface area contributed by atoms with Gasteiger partial charge in [0.2, 0.25) is 5.89 Å². The number of aromatic nitrogens is 1. The summed E-state index contributed by atoms with van der Waals surface area (Å²) in [5, 5.41) is 3.40. The van der Waals surface area contributed by atoms with Crippen molar-refractivity contribution in [2.45, 2.75) is 33.4 Å². The van der Waals surface area contributed by atoms with Crippen LogP contribution >= 0.6 is 0 Å². The lowest BCUT2D eigenvalue weighted by Crippen LogP contribution is -2.18. The zero-order valence-electron chi connectivity index (χ0n) is 11.9. The van der Waals surface area contributed by atoms with Crippen LogP contribution in [0.1, 0.15) is 35.9 Å². The van der Waals surface area contributed by atoms with E-state index in [9.17, 15) is 0 Å². The maximum Gasteiger partial charge on any atom is 0.208 e. The van der Waals surface area contributed by atoms with Gasteiger partial charge in [-0.25, -0.2) is 4.98 Å². The van der Waals surface area contributed by atoms with Crippen molar-refractivity contribution in [3.05, 3.63) is 47.2 Å². The molecule has 1 atom stereocenters. The Balaban J connectivity index is 1.94. The van der Waals surface area contributed by atoms with Gasteiger partial charge in [0, 0.05) is 6.04 Å². The molecule has 2 rings (SSSR count). The van der Waals surface area contributed by atoms with Gasteiger partial charge >= 0.3 is 0 Å². The Morgan fingerprint density at radius 3 is 2.47 bits per heavy atom. The van der Waals surface area contributed by atoms with E-state index in [0.29, 0.717) is 6.54 Å². The second-order valence-corrected chi connectivity index (χ2v) is 4.62. The molecule has 1 heterocycles. The first-order valence-corrected chi connectivity index (χ1v) is 6.40. The van der Waals surface area contributed by atoms with Crippen LogP contribution in [0.2, 0.25) is 0 Å². The van der Waals surface area contributed by atoms with E-state index in [2.05, 4.69) is 29.4 Å². The average molecular weight is 260 g/mol. The summed E-state index contributed by atoms with van der Waals surface area (Å²) in [6.45, 7) is 6.63. The Hall–Kier alpha value is -1.81. The van der Waals surface area contributed by atoms with Gasteiger partial charge in [0.15, 0.2) is 0 Å². The molecule has 0 spiro atoms. The van der Waals surface area contributed by atoms with Crippen LogP contribution in [0, 0.1) is 13.8 Å². The van der Waals surface area contributed by atoms with E-state index in [4.69, 9.17) is 9.15 Å². The summed E-state index contributed by atoms with van der Waals surface area (Å²) >= 11 is 0. The fourth-order valence-electron chi connectivity index (χ4n) is 1.87. The number of benzene rings is 1. The SMILES string of the molecule is COc1ccc([C@H](C)NCc2nc(C)c(C)o2)cc1. The highest BCUT2D eigenvalue weighted by Crippen LogP contribution is 2.18. The number of ether oxygens (including phenoxy) is 1. The van der Waals surface area contributed by atoms with E-state index < -0.39 is 0 Å². The minimum atomic E-state index is 0.235. The highest BCUT2D eigenvalue weighted by Gasteiger charge is 2.09. The van der Waals surface area contributed by atoms with E-state index in [1.807, 2.05) is 26.0 Å². The topological polar surface area (TPSA) is 47.3 Å². The van der Waals surface area contributed by atoms with E-state index in [0.717, 1.165) is 23.1 Å². The molecular formula is C15H20N2O2. The molecule has 0 unspecified atom stereocenters. The molecule has 1 N–H and O–H groups in total. The molecule has 0 aliphatic rings. The number of rotatable bonds is 5. The summed E-state index contributed by atoms with van der Waals surface area (Å²) in [6, 6.07) is 8.28. The molecule has 0 bridgehead atoms. The first-order valence-electron chi connectivity index (χ1n) is 6.40. The van der Waals surface area contributed by atoms with Crippen molar-refractivity contribution in [2.24, 2.45) is 0 Å². The Kier molecular flexibility index (Phi) is 4.22. The summed E-state index contributed by atoms with van der Waals surface area (Å²) in [5.74, 6) is 2.49. The third-order valence-corrected chi connectivity index (χ3v) is 3.25. The molecule has 19 heavy (non-hydrogen) atoms. The van der Waals surface area contributed by atoms with Crippen molar-refractivity contribution in [1.29, 1.82) is 0 Å². The first kappa shape index (κ1) is 13.6. The number of nitrogens with one attached hydrogen (secondary N) is 1. The molecule has 2 aromatic rings. The minimum Gasteiger partial charge on any atom is -0.497 e. The largest absolute Gasteiger partial charge is 0.497 e. The quantitative estimate of drug-likeness (QED) is 0.897. The van der Waals surface area contributed by atoms with Crippen LogP contribution in [0.3, 0.4) is 0 Å². The number of hydrogen-bond donors (Lipinski definition) is 1. The molecule has 1 aromatic heterocycles. The van der Waals surface area contributed by atoms with Crippen molar-refractivity contribution in [1.82, 2.24) is 10.3 Å². The molecule has 0 saturated heterocycles. The van der Waals surface area contributed by atoms with Crippen molar-refractivity contribution >= 4 is 0 Å². The number of nitrogens with zero attached hydrogens (tertiary/aromatic N) is 1. The number of aryl methyl sites for hydroxylation is 2. The highest BCUT2D eigenvalue weighted by molar-refractivity contribution is 5.28. The van der Waals surface area contributed by atoms with Crippen LogP contribution in [0.25, 0.3) is 0 Å². The molecule has 0 saturated carbocycles. The minimum absolute atomic E-state index is 0.235. The van der Waals surface area contributed by atoms with Crippen LogP contribution in [-0.4, -0.2) is 12.1 Å². The molecule has 0 fully saturated rings. The van der Waals surface area contributed by atoms with Gasteiger partial charge in [0.25, 0.3) is 0 Å². The van der Waals surface area contributed by atoms with Crippen molar-refractivity contribution < 1.29 is 9.15 Å². The summed E-state index contributed by atoms with van der Waals surface area (Å²) in [4.78, 5) is 4.35. The van der Waals surface area contributed by atoms with Gasteiger partial charge in [-0.15, -0.1) is 0 Å². The van der Waals surface area contributed by atoms with Crippen LogP contribution in [0.4, 0.5) is 0 Å². The van der Waals surface area contributed by atoms with Gasteiger partial charge in [-0.1, -0.05) is 12.1 Å². The predicted molar refractivity (Wildman–Crippen MR) is 74.2 cm³/mol. The fraction of sp³-hybridized carbons (Fsp3) is 0.400. The van der Waals surface area contributed by atoms with Gasteiger partial charge in [-0.2, -0.15) is 0 Å². The molecule has 0 radical (unpaired) electrons. The van der Waals surface area contributed by atoms with E-state index in [1.165, 1.54) is 5.56 Å². The summed E-state index contributed by atoms with van der Waals surface area (Å²) < 4.78 is 10.7. The second kappa shape index (κ2) is 5.89. The van der Waals surface area contributed by atoms with Crippen LogP contribution < -0.4 is 10.1 Å². The van der Waals surface area contributed by atoms with Crippen molar-refractivity contribution in [3.63, 3.8) is 0 Å². The monoisotopic (exact) mass is 260 g/mol. The summed E-state index contributed by atoms with van der Waals surface area (Å²) in [7, 11) is 1.67. The molecule has 4 heteroatoms.